The molecule has 1 saturated carbocycles. The number of nitrogens with zero attached hydrogens (tertiary/aromatic N) is 4. The Morgan fingerprint density at radius 3 is 2.83 bits per heavy atom. The van der Waals surface area contributed by atoms with Crippen LogP contribution in [0.5, 0.6) is 0 Å². The van der Waals surface area contributed by atoms with Gasteiger partial charge in [-0.05, 0) is 18.9 Å². The van der Waals surface area contributed by atoms with E-state index in [2.05, 4.69) is 20.6 Å². The van der Waals surface area contributed by atoms with E-state index in [0.29, 0.717) is 18.3 Å². The lowest BCUT2D eigenvalue weighted by Crippen LogP contribution is -2.51. The first-order valence-corrected chi connectivity index (χ1v) is 5.89. The van der Waals surface area contributed by atoms with E-state index in [4.69, 9.17) is 4.42 Å². The lowest BCUT2D eigenvalue weighted by Gasteiger charge is -2.41. The predicted octanol–water partition coefficient (Wildman–Crippen LogP) is 0.669. The predicted molar refractivity (Wildman–Crippen MR) is 63.1 cm³/mol. The number of hydrogen-bond donors (Lipinski definition) is 2. The molecule has 3 rings (SSSR count). The summed E-state index contributed by atoms with van der Waals surface area (Å²) in [5.41, 5.74) is 1.07. The number of anilines is 1. The molecule has 7 nitrogen and oxygen atoms in total. The molecule has 0 bridgehead atoms. The number of rotatable bonds is 3. The van der Waals surface area contributed by atoms with Gasteiger partial charge in [0.05, 0.1) is 24.4 Å². The maximum absolute atomic E-state index is 9.86. The van der Waals surface area contributed by atoms with Gasteiger partial charge in [0.1, 0.15) is 0 Å². The second-order valence-corrected chi connectivity index (χ2v) is 4.67. The van der Waals surface area contributed by atoms with Gasteiger partial charge in [-0.3, -0.25) is 4.68 Å². The minimum Gasteiger partial charge on any atom is -0.408 e. The van der Waals surface area contributed by atoms with Crippen LogP contribution in [0.2, 0.25) is 0 Å². The summed E-state index contributed by atoms with van der Waals surface area (Å²) < 4.78 is 7.05. The molecule has 0 unspecified atom stereocenters. The van der Waals surface area contributed by atoms with Crippen LogP contribution in [-0.4, -0.2) is 37.2 Å². The summed E-state index contributed by atoms with van der Waals surface area (Å²) in [6.45, 7) is 3.71. The molecular weight excluding hydrogens is 234 g/mol. The van der Waals surface area contributed by atoms with E-state index in [-0.39, 0.29) is 12.1 Å². The molecule has 0 spiro atoms. The number of aromatic nitrogens is 4. The van der Waals surface area contributed by atoms with Crippen molar-refractivity contribution >= 4 is 6.01 Å². The molecule has 18 heavy (non-hydrogen) atoms. The van der Waals surface area contributed by atoms with Crippen LogP contribution in [0.3, 0.4) is 0 Å². The van der Waals surface area contributed by atoms with Crippen LogP contribution in [0, 0.1) is 13.8 Å². The molecule has 0 radical (unpaired) electrons. The molecular formula is C11H15N5O2. The zero-order valence-corrected chi connectivity index (χ0v) is 10.2. The van der Waals surface area contributed by atoms with Crippen molar-refractivity contribution in [1.29, 1.82) is 0 Å². The molecule has 7 heteroatoms. The number of aliphatic hydroxyl groups is 1. The average molecular weight is 249 g/mol. The first-order chi connectivity index (χ1) is 8.63. The van der Waals surface area contributed by atoms with Gasteiger partial charge in [-0.25, -0.2) is 0 Å². The number of hydrogen-bond acceptors (Lipinski definition) is 6. The lowest BCUT2D eigenvalue weighted by atomic mass is 9.83. The van der Waals surface area contributed by atoms with E-state index >= 15 is 0 Å². The smallest absolute Gasteiger partial charge is 0.315 e. The van der Waals surface area contributed by atoms with E-state index < -0.39 is 6.10 Å². The maximum Gasteiger partial charge on any atom is 0.315 e. The fraction of sp³-hybridized carbons (Fsp3) is 0.545. The first kappa shape index (κ1) is 11.2. The summed E-state index contributed by atoms with van der Waals surface area (Å²) in [5, 5.41) is 24.9. The molecule has 1 fully saturated rings. The largest absolute Gasteiger partial charge is 0.408 e. The van der Waals surface area contributed by atoms with Crippen molar-refractivity contribution in [3.8, 4) is 0 Å². The van der Waals surface area contributed by atoms with Crippen molar-refractivity contribution in [1.82, 2.24) is 20.0 Å². The molecule has 0 aliphatic heterocycles. The number of aliphatic hydroxyl groups excluding tert-OH is 1. The standard InChI is InChI=1S/C11H15N5O2/c1-6-4-12-16(5-6)10-8(3-9(10)17)13-11-15-14-7(2)18-11/h4-5,8-10,17H,3H2,1-2H3,(H,13,15)/t8-,9+,10+/m0/s1. The summed E-state index contributed by atoms with van der Waals surface area (Å²) in [4.78, 5) is 0. The molecule has 2 N–H and O–H groups in total. The third-order valence-corrected chi connectivity index (χ3v) is 3.17. The van der Waals surface area contributed by atoms with Gasteiger partial charge in [-0.2, -0.15) is 5.10 Å². The molecule has 2 heterocycles. The van der Waals surface area contributed by atoms with Crippen LogP contribution in [-0.2, 0) is 0 Å². The monoisotopic (exact) mass is 249 g/mol. The van der Waals surface area contributed by atoms with Gasteiger partial charge in [0.2, 0.25) is 5.89 Å². The van der Waals surface area contributed by atoms with Crippen LogP contribution in [0.1, 0.15) is 23.9 Å². The normalized spacial score (nSPS) is 26.9. The maximum atomic E-state index is 9.86. The van der Waals surface area contributed by atoms with Crippen LogP contribution in [0.4, 0.5) is 6.01 Å². The van der Waals surface area contributed by atoms with Gasteiger partial charge in [-0.15, -0.1) is 5.10 Å². The molecule has 96 valence electrons. The quantitative estimate of drug-likeness (QED) is 0.831. The minimum absolute atomic E-state index is 0.0548. The summed E-state index contributed by atoms with van der Waals surface area (Å²) in [5.74, 6) is 0.517. The van der Waals surface area contributed by atoms with Gasteiger partial charge in [0, 0.05) is 13.1 Å². The van der Waals surface area contributed by atoms with Gasteiger partial charge in [0.15, 0.2) is 0 Å². The molecule has 0 amide bonds. The highest BCUT2D eigenvalue weighted by Gasteiger charge is 2.42. The van der Waals surface area contributed by atoms with E-state index in [1.165, 1.54) is 0 Å². The van der Waals surface area contributed by atoms with Crippen molar-refractivity contribution in [3.63, 3.8) is 0 Å². The van der Waals surface area contributed by atoms with Crippen molar-refractivity contribution < 1.29 is 9.52 Å². The summed E-state index contributed by atoms with van der Waals surface area (Å²) in [6, 6.07) is 0.350. The van der Waals surface area contributed by atoms with Crippen molar-refractivity contribution in [3.05, 3.63) is 23.8 Å². The Balaban J connectivity index is 1.74. The molecule has 2 aromatic rings. The fourth-order valence-corrected chi connectivity index (χ4v) is 2.23. The van der Waals surface area contributed by atoms with E-state index in [0.717, 1.165) is 5.56 Å². The second kappa shape index (κ2) is 4.09. The van der Waals surface area contributed by atoms with Crippen LogP contribution < -0.4 is 5.32 Å². The Morgan fingerprint density at radius 1 is 1.44 bits per heavy atom. The van der Waals surface area contributed by atoms with Gasteiger partial charge >= 0.3 is 6.01 Å². The molecule has 0 aromatic carbocycles. The Bertz CT molecular complexity index is 549. The SMILES string of the molecule is Cc1cnn([C@H]2[C@H](O)C[C@@H]2Nc2nnc(C)o2)c1. The molecule has 3 atom stereocenters. The minimum atomic E-state index is -0.397. The van der Waals surface area contributed by atoms with Gasteiger partial charge in [-0.1, -0.05) is 5.10 Å². The Kier molecular flexibility index (Phi) is 2.55. The first-order valence-electron chi connectivity index (χ1n) is 5.89. The highest BCUT2D eigenvalue weighted by Crippen LogP contribution is 2.34. The van der Waals surface area contributed by atoms with Gasteiger partial charge in [0.25, 0.3) is 0 Å². The Hall–Kier alpha value is -1.89. The third-order valence-electron chi connectivity index (χ3n) is 3.17. The van der Waals surface area contributed by atoms with Crippen molar-refractivity contribution in [2.75, 3.05) is 5.32 Å². The summed E-state index contributed by atoms with van der Waals surface area (Å²) in [7, 11) is 0. The Morgan fingerprint density at radius 2 is 2.28 bits per heavy atom. The number of aryl methyl sites for hydroxylation is 2. The highest BCUT2D eigenvalue weighted by atomic mass is 16.4. The number of nitrogens with one attached hydrogen (secondary N) is 1. The lowest BCUT2D eigenvalue weighted by molar-refractivity contribution is 0.0126. The molecule has 2 aromatic heterocycles. The average Bonchev–Trinajstić information content (AvgIpc) is 2.87. The second-order valence-electron chi connectivity index (χ2n) is 4.67. The van der Waals surface area contributed by atoms with E-state index in [1.807, 2.05) is 13.1 Å². The topological polar surface area (TPSA) is 89.0 Å². The van der Waals surface area contributed by atoms with Crippen LogP contribution >= 0.6 is 0 Å². The highest BCUT2D eigenvalue weighted by molar-refractivity contribution is 5.24. The zero-order chi connectivity index (χ0) is 12.7. The van der Waals surface area contributed by atoms with E-state index in [1.54, 1.807) is 17.8 Å². The van der Waals surface area contributed by atoms with Crippen LogP contribution in [0.15, 0.2) is 16.8 Å². The summed E-state index contributed by atoms with van der Waals surface area (Å²) in [6.07, 6.45) is 3.94. The Labute approximate surface area is 104 Å². The molecule has 0 saturated heterocycles. The fourth-order valence-electron chi connectivity index (χ4n) is 2.23. The van der Waals surface area contributed by atoms with Crippen molar-refractivity contribution in [2.24, 2.45) is 0 Å². The van der Waals surface area contributed by atoms with Gasteiger partial charge < -0.3 is 14.8 Å². The summed E-state index contributed by atoms with van der Waals surface area (Å²) >= 11 is 0. The van der Waals surface area contributed by atoms with E-state index in [9.17, 15) is 5.11 Å². The molecule has 1 aliphatic carbocycles. The molecule has 1 aliphatic rings. The van der Waals surface area contributed by atoms with Crippen molar-refractivity contribution in [2.45, 2.75) is 38.5 Å². The zero-order valence-electron chi connectivity index (χ0n) is 10.2. The van der Waals surface area contributed by atoms with Crippen LogP contribution in [0.25, 0.3) is 0 Å². The third kappa shape index (κ3) is 1.86.